The first-order chi connectivity index (χ1) is 23.4. The second-order valence-electron chi connectivity index (χ2n) is 13.7. The van der Waals surface area contributed by atoms with Crippen LogP contribution < -0.4 is 0 Å². The summed E-state index contributed by atoms with van der Waals surface area (Å²) in [4.78, 5) is 36.8. The smallest absolute Gasteiger partial charge is 0.234 e. The van der Waals surface area contributed by atoms with E-state index in [1.54, 1.807) is 17.2 Å². The van der Waals surface area contributed by atoms with Gasteiger partial charge in [-0.2, -0.15) is 0 Å². The van der Waals surface area contributed by atoms with Gasteiger partial charge >= 0.3 is 0 Å². The van der Waals surface area contributed by atoms with E-state index in [1.807, 2.05) is 30.3 Å². The van der Waals surface area contributed by atoms with Crippen molar-refractivity contribution in [3.8, 4) is 5.75 Å². The maximum atomic E-state index is 14.2. The number of allylic oxidation sites excluding steroid dienone is 2. The predicted octanol–water partition coefficient (Wildman–Crippen LogP) is 7.03. The largest absolute Gasteiger partial charge is 0.505 e. The fraction of sp³-hybridized carbons (Fsp3) is 0.425. The maximum absolute atomic E-state index is 14.2. The summed E-state index contributed by atoms with van der Waals surface area (Å²) < 4.78 is 20.7. The van der Waals surface area contributed by atoms with Crippen molar-refractivity contribution >= 4 is 23.5 Å². The third-order valence-electron chi connectivity index (χ3n) is 10.7. The first kappa shape index (κ1) is 32.4. The van der Waals surface area contributed by atoms with Crippen molar-refractivity contribution in [3.63, 3.8) is 0 Å². The molecule has 4 heterocycles. The molecular weight excluding hydrogens is 605 g/mol. The lowest BCUT2D eigenvalue weighted by molar-refractivity contribution is -0.144. The number of hydrogen-bond donors (Lipinski definition) is 1. The highest BCUT2D eigenvalue weighted by atomic mass is 19.1. The number of rotatable bonds is 10. The van der Waals surface area contributed by atoms with Gasteiger partial charge in [-0.25, -0.2) is 4.39 Å². The fourth-order valence-electron chi connectivity index (χ4n) is 8.50. The van der Waals surface area contributed by atoms with Gasteiger partial charge in [0.15, 0.2) is 11.6 Å². The molecule has 7 rings (SSSR count). The molecule has 0 saturated carbocycles. The standard InChI is InChI=1S/C40H44FN3O4/c1-2-8-29-23-31-38(40(47)44(39(31)46)30-16-19-43(20-17-30)24-26-9-4-3-5-10-26)32-25-48-36(37(29)32)15-13-28(34-11-6-7-18-42-34)21-27-12-14-35(45)33(41)22-27/h3-7,9-12,14,18,21-22,30-32,36,38,45H,2,8,13,15-17,19-20,23-25H2,1H3/b28-21-/t31-,32+,36-,38-/m1/s1. The van der Waals surface area contributed by atoms with E-state index in [9.17, 15) is 19.1 Å². The number of imide groups is 1. The van der Waals surface area contributed by atoms with E-state index in [4.69, 9.17) is 4.74 Å². The highest BCUT2D eigenvalue weighted by Crippen LogP contribution is 2.51. The lowest BCUT2D eigenvalue weighted by Crippen LogP contribution is -2.47. The molecule has 0 bridgehead atoms. The number of benzene rings is 2. The van der Waals surface area contributed by atoms with Crippen molar-refractivity contribution in [3.05, 3.63) is 107 Å². The molecule has 3 fully saturated rings. The molecule has 1 N–H and O–H groups in total. The molecule has 1 aromatic heterocycles. The maximum Gasteiger partial charge on any atom is 0.234 e. The van der Waals surface area contributed by atoms with Gasteiger partial charge in [0.2, 0.25) is 11.8 Å². The first-order valence-corrected chi connectivity index (χ1v) is 17.5. The number of carbonyl (C=O) groups is 2. The monoisotopic (exact) mass is 649 g/mol. The van der Waals surface area contributed by atoms with E-state index >= 15 is 0 Å². The SMILES string of the molecule is CCCC1=C2[C@@H](CC/C(=C/c3ccc(O)c(F)c3)c3ccccn3)OC[C@@H]2[C@@H]2C(=O)N(C3CCN(Cc4ccccc4)CC3)C(=O)[C@@H]2C1. The number of hydrogen-bond acceptors (Lipinski definition) is 6. The molecule has 2 amide bonds. The second kappa shape index (κ2) is 14.1. The lowest BCUT2D eigenvalue weighted by atomic mass is 9.68. The lowest BCUT2D eigenvalue weighted by Gasteiger charge is -2.36. The van der Waals surface area contributed by atoms with Gasteiger partial charge < -0.3 is 9.84 Å². The second-order valence-corrected chi connectivity index (χ2v) is 13.7. The average Bonchev–Trinajstić information content (AvgIpc) is 3.64. The predicted molar refractivity (Wildman–Crippen MR) is 183 cm³/mol. The zero-order valence-electron chi connectivity index (χ0n) is 27.6. The number of halogens is 1. The number of phenolic OH excluding ortho intramolecular Hbond substituents is 1. The van der Waals surface area contributed by atoms with Gasteiger partial charge in [0.05, 0.1) is 30.2 Å². The van der Waals surface area contributed by atoms with Gasteiger partial charge in [-0.3, -0.25) is 24.4 Å². The summed E-state index contributed by atoms with van der Waals surface area (Å²) >= 11 is 0. The number of carbonyl (C=O) groups excluding carboxylic acids is 2. The summed E-state index contributed by atoms with van der Waals surface area (Å²) in [6.07, 6.45) is 8.93. The molecule has 7 nitrogen and oxygen atoms in total. The summed E-state index contributed by atoms with van der Waals surface area (Å²) in [5.74, 6) is -1.77. The minimum Gasteiger partial charge on any atom is -0.505 e. The number of piperidine rings is 1. The Morgan fingerprint density at radius 1 is 1.02 bits per heavy atom. The van der Waals surface area contributed by atoms with Crippen LogP contribution in [0.1, 0.15) is 68.7 Å². The molecule has 4 atom stereocenters. The Morgan fingerprint density at radius 3 is 2.54 bits per heavy atom. The van der Waals surface area contributed by atoms with Crippen LogP contribution in [0.15, 0.2) is 84.1 Å². The third-order valence-corrected chi connectivity index (χ3v) is 10.7. The molecule has 48 heavy (non-hydrogen) atoms. The normalized spacial score (nSPS) is 25.1. The molecular formula is C40H44FN3O4. The molecule has 1 aliphatic carbocycles. The van der Waals surface area contributed by atoms with Crippen LogP contribution in [0.25, 0.3) is 11.6 Å². The number of nitrogens with zero attached hydrogens (tertiary/aromatic N) is 3. The highest BCUT2D eigenvalue weighted by Gasteiger charge is 2.58. The molecule has 4 aliphatic rings. The summed E-state index contributed by atoms with van der Waals surface area (Å²) in [6, 6.07) is 20.5. The van der Waals surface area contributed by atoms with Gasteiger partial charge in [0.25, 0.3) is 0 Å². The van der Waals surface area contributed by atoms with Crippen molar-refractivity contribution in [2.75, 3.05) is 19.7 Å². The minimum atomic E-state index is -0.667. The summed E-state index contributed by atoms with van der Waals surface area (Å²) in [7, 11) is 0. The molecule has 8 heteroatoms. The van der Waals surface area contributed by atoms with Crippen molar-refractivity contribution < 1.29 is 23.8 Å². The zero-order valence-corrected chi connectivity index (χ0v) is 27.6. The average molecular weight is 650 g/mol. The summed E-state index contributed by atoms with van der Waals surface area (Å²) in [6.45, 7) is 5.23. The molecule has 3 saturated heterocycles. The van der Waals surface area contributed by atoms with E-state index in [2.05, 4.69) is 41.1 Å². The van der Waals surface area contributed by atoms with Crippen molar-refractivity contribution in [2.24, 2.45) is 17.8 Å². The van der Waals surface area contributed by atoms with E-state index in [0.29, 0.717) is 31.4 Å². The topological polar surface area (TPSA) is 83.0 Å². The Balaban J connectivity index is 1.07. The third kappa shape index (κ3) is 6.48. The van der Waals surface area contributed by atoms with Crippen molar-refractivity contribution in [1.82, 2.24) is 14.8 Å². The molecule has 0 radical (unpaired) electrons. The number of phenols is 1. The van der Waals surface area contributed by atoms with Crippen LogP contribution in [0.2, 0.25) is 0 Å². The molecule has 250 valence electrons. The van der Waals surface area contributed by atoms with E-state index < -0.39 is 5.82 Å². The fourth-order valence-corrected chi connectivity index (χ4v) is 8.50. The van der Waals surface area contributed by atoms with E-state index in [-0.39, 0.29) is 47.5 Å². The minimum absolute atomic E-state index is 0.00256. The van der Waals surface area contributed by atoms with Crippen molar-refractivity contribution in [1.29, 1.82) is 0 Å². The number of aromatic hydroxyl groups is 1. The van der Waals surface area contributed by atoms with Gasteiger partial charge in [-0.1, -0.05) is 61.4 Å². The van der Waals surface area contributed by atoms with Gasteiger partial charge in [-0.05, 0) is 91.1 Å². The van der Waals surface area contributed by atoms with Crippen LogP contribution in [0.4, 0.5) is 4.39 Å². The zero-order chi connectivity index (χ0) is 33.2. The number of fused-ring (bicyclic) bond motifs is 3. The van der Waals surface area contributed by atoms with Crippen LogP contribution >= 0.6 is 0 Å². The van der Waals surface area contributed by atoms with Crippen LogP contribution in [0.3, 0.4) is 0 Å². The number of aromatic nitrogens is 1. The summed E-state index contributed by atoms with van der Waals surface area (Å²) in [5, 5.41) is 9.69. The van der Waals surface area contributed by atoms with E-state index in [0.717, 1.165) is 56.6 Å². The quantitative estimate of drug-likeness (QED) is 0.188. The number of ether oxygens (including phenoxy) is 1. The molecule has 2 aromatic carbocycles. The number of amides is 2. The van der Waals surface area contributed by atoms with Crippen LogP contribution in [0, 0.1) is 23.6 Å². The van der Waals surface area contributed by atoms with Crippen LogP contribution in [0.5, 0.6) is 5.75 Å². The Kier molecular flexibility index (Phi) is 9.55. The number of likely N-dealkylation sites (tertiary alicyclic amines) is 2. The van der Waals surface area contributed by atoms with Gasteiger partial charge in [-0.15, -0.1) is 0 Å². The van der Waals surface area contributed by atoms with Gasteiger partial charge in [0.1, 0.15) is 0 Å². The van der Waals surface area contributed by atoms with Crippen LogP contribution in [-0.2, 0) is 20.9 Å². The molecule has 0 spiro atoms. The Hall–Kier alpha value is -4.14. The Bertz CT molecular complexity index is 1700. The molecule has 3 aliphatic heterocycles. The van der Waals surface area contributed by atoms with Crippen molar-refractivity contribution in [2.45, 2.75) is 70.6 Å². The van der Waals surface area contributed by atoms with Gasteiger partial charge in [0, 0.05) is 37.8 Å². The Labute approximate surface area is 282 Å². The summed E-state index contributed by atoms with van der Waals surface area (Å²) in [5.41, 5.74) is 6.18. The highest BCUT2D eigenvalue weighted by molar-refractivity contribution is 6.06. The molecule has 0 unspecified atom stereocenters. The first-order valence-electron chi connectivity index (χ1n) is 17.5. The molecule has 3 aromatic rings. The van der Waals surface area contributed by atoms with Crippen LogP contribution in [-0.4, -0.2) is 63.5 Å². The Morgan fingerprint density at radius 2 is 1.81 bits per heavy atom. The number of pyridine rings is 1. The van der Waals surface area contributed by atoms with E-state index in [1.165, 1.54) is 28.8 Å².